The summed E-state index contributed by atoms with van der Waals surface area (Å²) in [6.07, 6.45) is 1.15. The van der Waals surface area contributed by atoms with Crippen molar-refractivity contribution in [2.45, 2.75) is 32.8 Å². The molecule has 2 aromatic heterocycles. The van der Waals surface area contributed by atoms with Gasteiger partial charge in [0, 0.05) is 17.3 Å². The first-order valence-corrected chi connectivity index (χ1v) is 11.1. The Labute approximate surface area is 185 Å². The van der Waals surface area contributed by atoms with Gasteiger partial charge in [-0.3, -0.25) is 9.78 Å². The van der Waals surface area contributed by atoms with Gasteiger partial charge in [0.15, 0.2) is 0 Å². The fourth-order valence-electron chi connectivity index (χ4n) is 3.66. The number of rotatable bonds is 5. The van der Waals surface area contributed by atoms with Crippen LogP contribution in [0.5, 0.6) is 0 Å². The molecule has 4 rings (SSSR count). The second kappa shape index (κ2) is 9.20. The van der Waals surface area contributed by atoms with Gasteiger partial charge in [0.05, 0.1) is 24.5 Å². The van der Waals surface area contributed by atoms with Crippen LogP contribution >= 0.6 is 23.1 Å². The molecule has 1 fully saturated rings. The Morgan fingerprint density at radius 1 is 1.33 bits per heavy atom. The predicted octanol–water partition coefficient (Wildman–Crippen LogP) is 4.26. The lowest BCUT2D eigenvalue weighted by atomic mass is 10.0. The van der Waals surface area contributed by atoms with E-state index < -0.39 is 0 Å². The fourth-order valence-corrected chi connectivity index (χ4v) is 4.58. The number of ether oxygens (including phenoxy) is 1. The topological polar surface area (TPSA) is 68.2 Å². The maximum atomic E-state index is 13.0. The van der Waals surface area contributed by atoms with Gasteiger partial charge in [-0.2, -0.15) is 0 Å². The van der Waals surface area contributed by atoms with E-state index in [0.29, 0.717) is 31.0 Å². The number of carbonyl (C=O) groups is 1. The Balaban J connectivity index is 1.54. The summed E-state index contributed by atoms with van der Waals surface area (Å²) in [5.41, 5.74) is 4.71. The molecule has 8 heteroatoms. The molecule has 156 valence electrons. The van der Waals surface area contributed by atoms with Gasteiger partial charge in [0.25, 0.3) is 5.91 Å². The van der Waals surface area contributed by atoms with Crippen LogP contribution in [0.2, 0.25) is 5.02 Å². The molecule has 1 atom stereocenters. The first kappa shape index (κ1) is 20.9. The molecule has 30 heavy (non-hydrogen) atoms. The van der Waals surface area contributed by atoms with Gasteiger partial charge in [-0.1, -0.05) is 41.2 Å². The summed E-state index contributed by atoms with van der Waals surface area (Å²) in [7, 11) is 0. The highest BCUT2D eigenvalue weighted by atomic mass is 35.5. The van der Waals surface area contributed by atoms with Crippen molar-refractivity contribution in [2.75, 3.05) is 19.7 Å². The summed E-state index contributed by atoms with van der Waals surface area (Å²) < 4.78 is 9.94. The number of hydrogen-bond donors (Lipinski definition) is 0. The van der Waals surface area contributed by atoms with E-state index in [2.05, 4.69) is 21.7 Å². The molecule has 3 aromatic rings. The molecule has 1 aromatic carbocycles. The fraction of sp³-hybridized carbons (Fsp3) is 0.364. The van der Waals surface area contributed by atoms with Crippen molar-refractivity contribution < 1.29 is 9.53 Å². The van der Waals surface area contributed by atoms with Crippen molar-refractivity contribution in [3.05, 3.63) is 74.5 Å². The van der Waals surface area contributed by atoms with Crippen LogP contribution in [0.4, 0.5) is 0 Å². The number of halogens is 1. The molecule has 0 aliphatic carbocycles. The first-order chi connectivity index (χ1) is 14.5. The number of morpholine rings is 1. The highest BCUT2D eigenvalue weighted by molar-refractivity contribution is 7.08. The molecule has 0 N–H and O–H groups in total. The maximum absolute atomic E-state index is 13.0. The summed E-state index contributed by atoms with van der Waals surface area (Å²) in [4.78, 5) is 20.1. The third kappa shape index (κ3) is 4.53. The quantitative estimate of drug-likeness (QED) is 0.590. The second-order valence-electron chi connectivity index (χ2n) is 7.32. The lowest BCUT2D eigenvalue weighted by molar-refractivity contribution is -0.0246. The molecule has 0 spiro atoms. The van der Waals surface area contributed by atoms with Crippen LogP contribution < -0.4 is 0 Å². The molecule has 1 aliphatic heterocycles. The minimum atomic E-state index is -0.265. The van der Waals surface area contributed by atoms with Gasteiger partial charge in [0.1, 0.15) is 11.0 Å². The van der Waals surface area contributed by atoms with Gasteiger partial charge in [-0.25, -0.2) is 0 Å². The van der Waals surface area contributed by atoms with Crippen molar-refractivity contribution in [1.82, 2.24) is 19.5 Å². The summed E-state index contributed by atoms with van der Waals surface area (Å²) in [5.74, 6) is -0.0286. The number of pyridine rings is 1. The van der Waals surface area contributed by atoms with E-state index in [1.165, 1.54) is 0 Å². The highest BCUT2D eigenvalue weighted by Crippen LogP contribution is 2.26. The van der Waals surface area contributed by atoms with Crippen molar-refractivity contribution in [3.63, 3.8) is 0 Å². The number of hydrogen-bond acceptors (Lipinski definition) is 6. The zero-order chi connectivity index (χ0) is 21.1. The Hall–Kier alpha value is -2.35. The molecule has 3 heterocycles. The molecule has 1 aliphatic rings. The van der Waals surface area contributed by atoms with Crippen molar-refractivity contribution in [1.29, 1.82) is 0 Å². The van der Waals surface area contributed by atoms with Gasteiger partial charge >= 0.3 is 0 Å². The van der Waals surface area contributed by atoms with E-state index in [1.807, 2.05) is 43.0 Å². The second-order valence-corrected chi connectivity index (χ2v) is 8.48. The summed E-state index contributed by atoms with van der Waals surface area (Å²) >= 11 is 7.50. The molecule has 0 saturated carbocycles. The number of amides is 1. The standard InChI is InChI=1S/C22H23ClN4O2S/c1-3-18-21(30-26-25-18)22(28)27-8-9-29-20(13-27)19-12-15(10-14(2)24-19)11-16-6-4-5-7-17(16)23/h4-7,10,12,20H,3,8-9,11,13H2,1-2H3/t20-/m1/s1. The first-order valence-electron chi connectivity index (χ1n) is 9.98. The van der Waals surface area contributed by atoms with Crippen molar-refractivity contribution >= 4 is 29.0 Å². The monoisotopic (exact) mass is 442 g/mol. The summed E-state index contributed by atoms with van der Waals surface area (Å²) in [6, 6.07) is 12.0. The third-order valence-electron chi connectivity index (χ3n) is 5.15. The summed E-state index contributed by atoms with van der Waals surface area (Å²) in [6.45, 7) is 5.44. The smallest absolute Gasteiger partial charge is 0.267 e. The van der Waals surface area contributed by atoms with E-state index in [9.17, 15) is 4.79 Å². The average Bonchev–Trinajstić information content (AvgIpc) is 3.23. The highest BCUT2D eigenvalue weighted by Gasteiger charge is 2.29. The number of nitrogens with zero attached hydrogens (tertiary/aromatic N) is 4. The minimum Gasteiger partial charge on any atom is -0.368 e. The van der Waals surface area contributed by atoms with Crippen LogP contribution in [0.15, 0.2) is 36.4 Å². The largest absolute Gasteiger partial charge is 0.368 e. The normalized spacial score (nSPS) is 16.6. The van der Waals surface area contributed by atoms with E-state index in [0.717, 1.165) is 51.2 Å². The molecule has 1 saturated heterocycles. The van der Waals surface area contributed by atoms with Crippen LogP contribution in [-0.4, -0.2) is 45.1 Å². The molecule has 6 nitrogen and oxygen atoms in total. The van der Waals surface area contributed by atoms with Gasteiger partial charge < -0.3 is 9.64 Å². The number of benzene rings is 1. The molecule has 0 bridgehead atoms. The minimum absolute atomic E-state index is 0.0286. The Kier molecular flexibility index (Phi) is 6.41. The van der Waals surface area contributed by atoms with E-state index in [4.69, 9.17) is 21.3 Å². The maximum Gasteiger partial charge on any atom is 0.267 e. The molecular weight excluding hydrogens is 420 g/mol. The van der Waals surface area contributed by atoms with Crippen LogP contribution in [0.3, 0.4) is 0 Å². The van der Waals surface area contributed by atoms with Crippen LogP contribution in [0.25, 0.3) is 0 Å². The van der Waals surface area contributed by atoms with Crippen LogP contribution in [0, 0.1) is 6.92 Å². The van der Waals surface area contributed by atoms with Crippen LogP contribution in [-0.2, 0) is 17.6 Å². The van der Waals surface area contributed by atoms with E-state index in [-0.39, 0.29) is 12.0 Å². The Morgan fingerprint density at radius 3 is 2.97 bits per heavy atom. The third-order valence-corrected chi connectivity index (χ3v) is 6.28. The van der Waals surface area contributed by atoms with Crippen LogP contribution in [0.1, 0.15) is 50.9 Å². The molecule has 1 amide bonds. The SMILES string of the molecule is CCc1nnsc1C(=O)N1CCO[C@@H](c2cc(Cc3ccccc3Cl)cc(C)n2)C1. The predicted molar refractivity (Wildman–Crippen MR) is 117 cm³/mol. The van der Waals surface area contributed by atoms with Gasteiger partial charge in [-0.05, 0) is 60.6 Å². The van der Waals surface area contributed by atoms with Crippen molar-refractivity contribution in [2.24, 2.45) is 0 Å². The zero-order valence-corrected chi connectivity index (χ0v) is 18.5. The van der Waals surface area contributed by atoms with E-state index >= 15 is 0 Å². The molecule has 0 radical (unpaired) electrons. The molecular formula is C22H23ClN4O2S. The number of aryl methyl sites for hydroxylation is 2. The van der Waals surface area contributed by atoms with Gasteiger partial charge in [0.2, 0.25) is 0 Å². The number of carbonyl (C=O) groups excluding carboxylic acids is 1. The lowest BCUT2D eigenvalue weighted by Gasteiger charge is -2.32. The summed E-state index contributed by atoms with van der Waals surface area (Å²) in [5, 5.41) is 4.82. The Morgan fingerprint density at radius 2 is 2.17 bits per heavy atom. The zero-order valence-electron chi connectivity index (χ0n) is 17.0. The number of aromatic nitrogens is 3. The van der Waals surface area contributed by atoms with E-state index in [1.54, 1.807) is 0 Å². The average molecular weight is 443 g/mol. The van der Waals surface area contributed by atoms with Crippen molar-refractivity contribution in [3.8, 4) is 0 Å². The lowest BCUT2D eigenvalue weighted by Crippen LogP contribution is -2.42. The molecule has 0 unspecified atom stereocenters. The Bertz CT molecular complexity index is 1060. The van der Waals surface area contributed by atoms with Gasteiger partial charge in [-0.15, -0.1) is 5.10 Å².